The lowest BCUT2D eigenvalue weighted by molar-refractivity contribution is -0.127. The van der Waals surface area contributed by atoms with Crippen molar-refractivity contribution < 1.29 is 14.3 Å². The van der Waals surface area contributed by atoms with E-state index in [0.29, 0.717) is 17.7 Å². The van der Waals surface area contributed by atoms with E-state index >= 15 is 0 Å². The number of hydrogen-bond acceptors (Lipinski definition) is 4. The molecule has 2 aromatic carbocycles. The summed E-state index contributed by atoms with van der Waals surface area (Å²) in [5.74, 6) is 0.351. The first-order chi connectivity index (χ1) is 12.2. The van der Waals surface area contributed by atoms with Crippen LogP contribution in [0.3, 0.4) is 0 Å². The van der Waals surface area contributed by atoms with Crippen LogP contribution in [-0.2, 0) is 11.2 Å². The molecule has 0 saturated carbocycles. The topological polar surface area (TPSA) is 82.4 Å². The van der Waals surface area contributed by atoms with Gasteiger partial charge >= 0.3 is 6.03 Å². The Balaban J connectivity index is 1.53. The fourth-order valence-electron chi connectivity index (χ4n) is 2.66. The number of nitrogens with one attached hydrogen (secondary N) is 1. The Hall–Kier alpha value is -3.33. The minimum atomic E-state index is -0.537. The van der Waals surface area contributed by atoms with Crippen molar-refractivity contribution in [1.82, 2.24) is 10.2 Å². The molecule has 25 heavy (non-hydrogen) atoms. The highest BCUT2D eigenvalue weighted by Gasteiger charge is 2.37. The first-order valence-corrected chi connectivity index (χ1v) is 7.96. The molecule has 1 aliphatic rings. The molecule has 6 nitrogen and oxygen atoms in total. The molecule has 1 aliphatic heterocycles. The second-order valence-corrected chi connectivity index (χ2v) is 5.67. The average molecular weight is 335 g/mol. The van der Waals surface area contributed by atoms with Gasteiger partial charge in [-0.15, -0.1) is 0 Å². The summed E-state index contributed by atoms with van der Waals surface area (Å²) in [6.45, 7) is 0.374. The standard InChI is InChI=1S/C19H17N3O3/c20-13-15-6-8-16(9-7-15)25-11-10-22-18(23)17(21-19(22)24)12-14-4-2-1-3-5-14/h1-9,17H,10-12H2,(H,21,24)/t17-/m0/s1. The Kier molecular flexibility index (Phi) is 4.95. The van der Waals surface area contributed by atoms with Crippen LogP contribution in [0.15, 0.2) is 54.6 Å². The number of carbonyl (C=O) groups excluding carboxylic acids is 2. The number of hydrogen-bond donors (Lipinski definition) is 1. The largest absolute Gasteiger partial charge is 0.492 e. The maximum Gasteiger partial charge on any atom is 0.324 e. The lowest BCUT2D eigenvalue weighted by Crippen LogP contribution is -2.35. The van der Waals surface area contributed by atoms with Gasteiger partial charge in [-0.3, -0.25) is 9.69 Å². The van der Waals surface area contributed by atoms with Gasteiger partial charge in [0.1, 0.15) is 18.4 Å². The summed E-state index contributed by atoms with van der Waals surface area (Å²) in [6.07, 6.45) is 0.471. The molecule has 126 valence electrons. The van der Waals surface area contributed by atoms with Gasteiger partial charge < -0.3 is 10.1 Å². The highest BCUT2D eigenvalue weighted by atomic mass is 16.5. The van der Waals surface area contributed by atoms with Crippen LogP contribution in [0.4, 0.5) is 4.79 Å². The number of urea groups is 1. The minimum absolute atomic E-state index is 0.177. The molecule has 3 rings (SSSR count). The molecule has 1 heterocycles. The molecule has 0 bridgehead atoms. The second kappa shape index (κ2) is 7.49. The van der Waals surface area contributed by atoms with Crippen molar-refractivity contribution >= 4 is 11.9 Å². The van der Waals surface area contributed by atoms with E-state index < -0.39 is 12.1 Å². The number of nitriles is 1. The monoisotopic (exact) mass is 335 g/mol. The molecule has 0 aliphatic carbocycles. The van der Waals surface area contributed by atoms with Gasteiger partial charge in [-0.2, -0.15) is 5.26 Å². The number of rotatable bonds is 6. The van der Waals surface area contributed by atoms with Crippen molar-refractivity contribution in [1.29, 1.82) is 5.26 Å². The van der Waals surface area contributed by atoms with Crippen LogP contribution in [0, 0.1) is 11.3 Å². The summed E-state index contributed by atoms with van der Waals surface area (Å²) in [7, 11) is 0. The van der Waals surface area contributed by atoms with E-state index in [1.54, 1.807) is 24.3 Å². The van der Waals surface area contributed by atoms with Crippen LogP contribution in [0.5, 0.6) is 5.75 Å². The van der Waals surface area contributed by atoms with Crippen LogP contribution in [-0.4, -0.2) is 36.0 Å². The normalized spacial score (nSPS) is 16.4. The Morgan fingerprint density at radius 1 is 1.08 bits per heavy atom. The van der Waals surface area contributed by atoms with E-state index in [0.717, 1.165) is 5.56 Å². The van der Waals surface area contributed by atoms with Crippen molar-refractivity contribution in [3.05, 3.63) is 65.7 Å². The summed E-state index contributed by atoms with van der Waals surface area (Å²) >= 11 is 0. The van der Waals surface area contributed by atoms with Gasteiger partial charge in [0, 0.05) is 6.42 Å². The molecule has 1 atom stereocenters. The van der Waals surface area contributed by atoms with Gasteiger partial charge in [0.15, 0.2) is 0 Å². The van der Waals surface area contributed by atoms with E-state index in [-0.39, 0.29) is 19.1 Å². The first kappa shape index (κ1) is 16.5. The Bertz CT molecular complexity index is 797. The van der Waals surface area contributed by atoms with Crippen molar-refractivity contribution in [3.63, 3.8) is 0 Å². The molecular formula is C19H17N3O3. The van der Waals surface area contributed by atoms with Gasteiger partial charge in [0.2, 0.25) is 0 Å². The van der Waals surface area contributed by atoms with E-state index in [9.17, 15) is 9.59 Å². The summed E-state index contributed by atoms with van der Waals surface area (Å²) in [5, 5.41) is 11.5. The van der Waals surface area contributed by atoms with Crippen LogP contribution in [0.2, 0.25) is 0 Å². The van der Waals surface area contributed by atoms with Crippen molar-refractivity contribution in [2.24, 2.45) is 0 Å². The van der Waals surface area contributed by atoms with Crippen molar-refractivity contribution in [2.45, 2.75) is 12.5 Å². The number of imide groups is 1. The molecule has 0 aromatic heterocycles. The van der Waals surface area contributed by atoms with Crippen LogP contribution in [0.1, 0.15) is 11.1 Å². The van der Waals surface area contributed by atoms with E-state index in [1.807, 2.05) is 36.4 Å². The summed E-state index contributed by atoms with van der Waals surface area (Å²) in [6, 6.07) is 17.3. The third-order valence-electron chi connectivity index (χ3n) is 3.96. The number of amides is 3. The number of benzene rings is 2. The van der Waals surface area contributed by atoms with Crippen LogP contribution in [0.25, 0.3) is 0 Å². The molecule has 0 radical (unpaired) electrons. The third-order valence-corrected chi connectivity index (χ3v) is 3.96. The summed E-state index contributed by atoms with van der Waals surface area (Å²) in [5.41, 5.74) is 1.54. The molecule has 0 unspecified atom stereocenters. The van der Waals surface area contributed by atoms with Crippen LogP contribution < -0.4 is 10.1 Å². The van der Waals surface area contributed by atoms with Crippen molar-refractivity contribution in [3.8, 4) is 11.8 Å². The molecule has 6 heteroatoms. The molecule has 3 amide bonds. The van der Waals surface area contributed by atoms with Gasteiger partial charge in [0.05, 0.1) is 18.2 Å². The zero-order valence-corrected chi connectivity index (χ0v) is 13.5. The van der Waals surface area contributed by atoms with E-state index in [2.05, 4.69) is 5.32 Å². The Morgan fingerprint density at radius 2 is 1.80 bits per heavy atom. The summed E-state index contributed by atoms with van der Waals surface area (Å²) < 4.78 is 5.53. The van der Waals surface area contributed by atoms with Crippen molar-refractivity contribution in [2.75, 3.05) is 13.2 Å². The predicted molar refractivity (Wildman–Crippen MR) is 90.8 cm³/mol. The quantitative estimate of drug-likeness (QED) is 0.820. The fourth-order valence-corrected chi connectivity index (χ4v) is 2.66. The maximum absolute atomic E-state index is 12.4. The third kappa shape index (κ3) is 3.96. The number of carbonyl (C=O) groups is 2. The maximum atomic E-state index is 12.4. The highest BCUT2D eigenvalue weighted by Crippen LogP contribution is 2.14. The van der Waals surface area contributed by atoms with E-state index in [1.165, 1.54) is 4.90 Å². The zero-order valence-electron chi connectivity index (χ0n) is 13.5. The molecule has 1 saturated heterocycles. The average Bonchev–Trinajstić information content (AvgIpc) is 2.90. The van der Waals surface area contributed by atoms with Gasteiger partial charge in [0.25, 0.3) is 5.91 Å². The molecule has 0 spiro atoms. The lowest BCUT2D eigenvalue weighted by atomic mass is 10.1. The van der Waals surface area contributed by atoms with Gasteiger partial charge in [-0.1, -0.05) is 30.3 Å². The highest BCUT2D eigenvalue weighted by molar-refractivity contribution is 6.04. The Morgan fingerprint density at radius 3 is 2.48 bits per heavy atom. The Labute approximate surface area is 145 Å². The van der Waals surface area contributed by atoms with Crippen LogP contribution >= 0.6 is 0 Å². The lowest BCUT2D eigenvalue weighted by Gasteiger charge is -2.14. The smallest absolute Gasteiger partial charge is 0.324 e. The molecule has 1 fully saturated rings. The van der Waals surface area contributed by atoms with Gasteiger partial charge in [-0.05, 0) is 29.8 Å². The zero-order chi connectivity index (χ0) is 17.6. The second-order valence-electron chi connectivity index (χ2n) is 5.67. The van der Waals surface area contributed by atoms with E-state index in [4.69, 9.17) is 10.00 Å². The number of nitrogens with zero attached hydrogens (tertiary/aromatic N) is 2. The SMILES string of the molecule is N#Cc1ccc(OCCN2C(=O)N[C@@H](Cc3ccccc3)C2=O)cc1. The molecular weight excluding hydrogens is 318 g/mol. The molecule has 1 N–H and O–H groups in total. The number of ether oxygens (including phenoxy) is 1. The fraction of sp³-hybridized carbons (Fsp3) is 0.211. The minimum Gasteiger partial charge on any atom is -0.492 e. The first-order valence-electron chi connectivity index (χ1n) is 7.96. The van der Waals surface area contributed by atoms with Gasteiger partial charge in [-0.25, -0.2) is 4.79 Å². The molecule has 2 aromatic rings. The predicted octanol–water partition coefficient (Wildman–Crippen LogP) is 2.10. The summed E-state index contributed by atoms with van der Waals surface area (Å²) in [4.78, 5) is 25.6.